The number of Topliss-reactive ketones (excluding diaryl/α,β-unsaturated/α-hetero) is 1. The lowest BCUT2D eigenvalue weighted by Crippen LogP contribution is -2.54. The highest BCUT2D eigenvalue weighted by Gasteiger charge is 2.48. The lowest BCUT2D eigenvalue weighted by atomic mass is 9.99. The minimum Gasteiger partial charge on any atom is -0.292 e. The summed E-state index contributed by atoms with van der Waals surface area (Å²) >= 11 is 7.29. The highest BCUT2D eigenvalue weighted by molar-refractivity contribution is 7.12. The van der Waals surface area contributed by atoms with E-state index in [2.05, 4.69) is 4.98 Å². The van der Waals surface area contributed by atoms with Crippen LogP contribution in [0.5, 0.6) is 0 Å². The first-order valence-electron chi connectivity index (χ1n) is 7.99. The first kappa shape index (κ1) is 18.5. The second-order valence-corrected chi connectivity index (χ2v) is 8.39. The second kappa shape index (κ2) is 6.48. The van der Waals surface area contributed by atoms with Gasteiger partial charge in [-0.25, -0.2) is 15.0 Å². The summed E-state index contributed by atoms with van der Waals surface area (Å²) in [5.41, 5.74) is 0.957. The third-order valence-corrected chi connectivity index (χ3v) is 5.34. The third-order valence-electron chi connectivity index (χ3n) is 4.06. The predicted molar refractivity (Wildman–Crippen MR) is 101 cm³/mol. The number of nitrogens with zero attached hydrogens (tertiary/aromatic N) is 3. The standard InChI is InChI=1S/C18H18ClN3O3S/c1-10-7-12(26-8-10)16(24)14-15-11(5-6-13(19)20-15)22(17(14)25)21(9-23)18(2,3)4/h5-9,14H,1-4H3. The van der Waals surface area contributed by atoms with Gasteiger partial charge in [0.15, 0.2) is 5.78 Å². The van der Waals surface area contributed by atoms with Gasteiger partial charge in [-0.3, -0.25) is 14.4 Å². The third kappa shape index (κ3) is 3.01. The Morgan fingerprint density at radius 1 is 1.38 bits per heavy atom. The lowest BCUT2D eigenvalue weighted by molar-refractivity contribution is -0.132. The zero-order valence-electron chi connectivity index (χ0n) is 14.8. The molecule has 0 fully saturated rings. The molecule has 1 aliphatic rings. The van der Waals surface area contributed by atoms with Crippen molar-refractivity contribution in [3.63, 3.8) is 0 Å². The van der Waals surface area contributed by atoms with Crippen molar-refractivity contribution in [2.75, 3.05) is 5.01 Å². The number of pyridine rings is 1. The number of thiophene rings is 1. The van der Waals surface area contributed by atoms with Crippen molar-refractivity contribution in [1.82, 2.24) is 9.99 Å². The Kier molecular flexibility index (Phi) is 4.62. The Labute approximate surface area is 160 Å². The molecule has 2 amide bonds. The first-order valence-corrected chi connectivity index (χ1v) is 9.25. The molecule has 6 nitrogen and oxygen atoms in total. The average Bonchev–Trinajstić information content (AvgIpc) is 3.08. The SMILES string of the molecule is Cc1csc(C(=O)C2C(=O)N(N(C=O)C(C)(C)C)c3ccc(Cl)nc32)c1. The second-order valence-electron chi connectivity index (χ2n) is 7.09. The number of aryl methyl sites for hydroxylation is 1. The molecule has 3 heterocycles. The van der Waals surface area contributed by atoms with Gasteiger partial charge in [0, 0.05) is 0 Å². The lowest BCUT2D eigenvalue weighted by Gasteiger charge is -2.38. The van der Waals surface area contributed by atoms with Crippen LogP contribution in [0.15, 0.2) is 23.6 Å². The molecule has 0 saturated heterocycles. The number of hydrogen-bond acceptors (Lipinski definition) is 5. The quantitative estimate of drug-likeness (QED) is 0.345. The number of aromatic nitrogens is 1. The van der Waals surface area contributed by atoms with Crippen LogP contribution in [0.2, 0.25) is 5.15 Å². The number of carbonyl (C=O) groups is 3. The zero-order valence-corrected chi connectivity index (χ0v) is 16.4. The van der Waals surface area contributed by atoms with Crippen LogP contribution in [0.1, 0.15) is 47.6 Å². The first-order chi connectivity index (χ1) is 12.1. The van der Waals surface area contributed by atoms with Gasteiger partial charge < -0.3 is 0 Å². The van der Waals surface area contributed by atoms with Gasteiger partial charge in [-0.15, -0.1) is 11.3 Å². The maximum atomic E-state index is 13.2. The number of fused-ring (bicyclic) bond motifs is 1. The monoisotopic (exact) mass is 391 g/mol. The van der Waals surface area contributed by atoms with Crippen LogP contribution < -0.4 is 5.01 Å². The molecule has 1 aliphatic heterocycles. The van der Waals surface area contributed by atoms with E-state index in [0.29, 0.717) is 17.0 Å². The number of anilines is 1. The molecule has 0 aromatic carbocycles. The van der Waals surface area contributed by atoms with Crippen molar-refractivity contribution in [3.05, 3.63) is 44.9 Å². The van der Waals surface area contributed by atoms with Crippen molar-refractivity contribution in [3.8, 4) is 0 Å². The maximum absolute atomic E-state index is 13.2. The molecule has 136 valence electrons. The molecule has 2 aromatic heterocycles. The van der Waals surface area contributed by atoms with E-state index in [1.165, 1.54) is 27.4 Å². The number of hydrogen-bond donors (Lipinski definition) is 0. The van der Waals surface area contributed by atoms with E-state index in [1.807, 2.05) is 12.3 Å². The van der Waals surface area contributed by atoms with Gasteiger partial charge in [-0.2, -0.15) is 0 Å². The van der Waals surface area contributed by atoms with E-state index < -0.39 is 17.4 Å². The summed E-state index contributed by atoms with van der Waals surface area (Å²) in [5.74, 6) is -1.97. The molecule has 0 spiro atoms. The molecule has 2 aromatic rings. The van der Waals surface area contributed by atoms with E-state index in [0.717, 1.165) is 5.56 Å². The molecule has 0 saturated carbocycles. The van der Waals surface area contributed by atoms with Crippen LogP contribution in [0, 0.1) is 6.92 Å². The van der Waals surface area contributed by atoms with Gasteiger partial charge in [0.25, 0.3) is 5.91 Å². The number of hydrazine groups is 1. The maximum Gasteiger partial charge on any atom is 0.263 e. The Balaban J connectivity index is 2.13. The highest BCUT2D eigenvalue weighted by atomic mass is 35.5. The molecule has 26 heavy (non-hydrogen) atoms. The van der Waals surface area contributed by atoms with Crippen LogP contribution in [0.25, 0.3) is 0 Å². The summed E-state index contributed by atoms with van der Waals surface area (Å²) in [7, 11) is 0. The van der Waals surface area contributed by atoms with E-state index in [-0.39, 0.29) is 16.6 Å². The molecule has 1 unspecified atom stereocenters. The van der Waals surface area contributed by atoms with Gasteiger partial charge in [0.2, 0.25) is 6.41 Å². The van der Waals surface area contributed by atoms with Gasteiger partial charge in [-0.05, 0) is 56.8 Å². The number of ketones is 1. The number of rotatable bonds is 4. The number of halogens is 1. The summed E-state index contributed by atoms with van der Waals surface area (Å²) in [6, 6.07) is 4.89. The molecule has 0 aliphatic carbocycles. The number of amides is 2. The van der Waals surface area contributed by atoms with Crippen molar-refractivity contribution in [2.45, 2.75) is 39.2 Å². The van der Waals surface area contributed by atoms with Crippen LogP contribution in [0.3, 0.4) is 0 Å². The molecule has 0 N–H and O–H groups in total. The summed E-state index contributed by atoms with van der Waals surface area (Å²) in [6.07, 6.45) is 0.582. The van der Waals surface area contributed by atoms with Crippen molar-refractivity contribution in [1.29, 1.82) is 0 Å². The average molecular weight is 392 g/mol. The van der Waals surface area contributed by atoms with Crippen LogP contribution >= 0.6 is 22.9 Å². The van der Waals surface area contributed by atoms with Crippen LogP contribution in [0.4, 0.5) is 5.69 Å². The molecule has 0 radical (unpaired) electrons. The molecule has 1 atom stereocenters. The summed E-state index contributed by atoms with van der Waals surface area (Å²) < 4.78 is 0. The molecule has 8 heteroatoms. The normalized spacial score (nSPS) is 16.6. The summed E-state index contributed by atoms with van der Waals surface area (Å²) in [6.45, 7) is 7.29. The predicted octanol–water partition coefficient (Wildman–Crippen LogP) is 3.59. The van der Waals surface area contributed by atoms with Crippen molar-refractivity contribution < 1.29 is 14.4 Å². The Bertz CT molecular complexity index is 903. The van der Waals surface area contributed by atoms with E-state index in [4.69, 9.17) is 11.6 Å². The van der Waals surface area contributed by atoms with Crippen LogP contribution in [-0.2, 0) is 9.59 Å². The summed E-state index contributed by atoms with van der Waals surface area (Å²) in [4.78, 5) is 42.6. The molecule has 0 bridgehead atoms. The van der Waals surface area contributed by atoms with E-state index >= 15 is 0 Å². The molecule has 3 rings (SSSR count). The molecular formula is C18H18ClN3O3S. The Morgan fingerprint density at radius 3 is 2.62 bits per heavy atom. The van der Waals surface area contributed by atoms with Gasteiger partial charge in [-0.1, -0.05) is 11.6 Å². The number of carbonyl (C=O) groups excluding carboxylic acids is 3. The Morgan fingerprint density at radius 2 is 2.08 bits per heavy atom. The van der Waals surface area contributed by atoms with Gasteiger partial charge in [0.05, 0.1) is 21.8 Å². The van der Waals surface area contributed by atoms with Gasteiger partial charge >= 0.3 is 0 Å². The van der Waals surface area contributed by atoms with Crippen molar-refractivity contribution >= 4 is 46.7 Å². The van der Waals surface area contributed by atoms with Crippen LogP contribution in [-0.4, -0.2) is 33.6 Å². The Hall–Kier alpha value is -2.25. The minimum absolute atomic E-state index is 0.187. The minimum atomic E-state index is -1.12. The zero-order chi connectivity index (χ0) is 19.2. The van der Waals surface area contributed by atoms with E-state index in [9.17, 15) is 14.4 Å². The fraction of sp³-hybridized carbons (Fsp3) is 0.333. The molecular weight excluding hydrogens is 374 g/mol. The smallest absolute Gasteiger partial charge is 0.263 e. The summed E-state index contributed by atoms with van der Waals surface area (Å²) in [5, 5.41) is 4.54. The van der Waals surface area contributed by atoms with Gasteiger partial charge in [0.1, 0.15) is 11.1 Å². The fourth-order valence-electron chi connectivity index (χ4n) is 2.86. The largest absolute Gasteiger partial charge is 0.292 e. The fourth-order valence-corrected chi connectivity index (χ4v) is 3.88. The highest BCUT2D eigenvalue weighted by Crippen LogP contribution is 2.41. The van der Waals surface area contributed by atoms with E-state index in [1.54, 1.807) is 32.9 Å². The topological polar surface area (TPSA) is 70.6 Å². The van der Waals surface area contributed by atoms with Crippen molar-refractivity contribution in [2.24, 2.45) is 0 Å².